The third-order valence-electron chi connectivity index (χ3n) is 2.14. The highest BCUT2D eigenvalue weighted by atomic mass is 32.2. The summed E-state index contributed by atoms with van der Waals surface area (Å²) in [6.07, 6.45) is 1.55. The van der Waals surface area contributed by atoms with Crippen LogP contribution in [0.1, 0.15) is 0 Å². The van der Waals surface area contributed by atoms with Crippen molar-refractivity contribution in [1.29, 1.82) is 0 Å². The molecule has 17 heavy (non-hydrogen) atoms. The Hall–Kier alpha value is -0.480. The van der Waals surface area contributed by atoms with Crippen LogP contribution >= 0.6 is 0 Å². The smallest absolute Gasteiger partial charge is 0.274 e. The van der Waals surface area contributed by atoms with Gasteiger partial charge in [-0.15, -0.1) is 0 Å². The van der Waals surface area contributed by atoms with E-state index < -0.39 is 31.2 Å². The summed E-state index contributed by atoms with van der Waals surface area (Å²) in [4.78, 5) is 0. The normalized spacial score (nSPS) is 15.5. The van der Waals surface area contributed by atoms with Gasteiger partial charge in [-0.3, -0.25) is 9.11 Å². The summed E-state index contributed by atoms with van der Waals surface area (Å²) >= 11 is 0. The first-order chi connectivity index (χ1) is 7.37. The largest absolute Gasteiger partial charge is 0.324 e. The van der Waals surface area contributed by atoms with Crippen LogP contribution < -0.4 is 0 Å². The van der Waals surface area contributed by atoms with Crippen molar-refractivity contribution >= 4 is 20.2 Å². The van der Waals surface area contributed by atoms with Crippen molar-refractivity contribution in [3.05, 3.63) is 12.7 Å². The topological polar surface area (TPSA) is 109 Å². The van der Waals surface area contributed by atoms with E-state index in [-0.39, 0.29) is 11.0 Å². The summed E-state index contributed by atoms with van der Waals surface area (Å²) in [6.45, 7) is 3.75. The van der Waals surface area contributed by atoms with Gasteiger partial charge in [0.15, 0.2) is 5.25 Å². The van der Waals surface area contributed by atoms with Crippen molar-refractivity contribution in [1.82, 2.24) is 0 Å². The number of hydrogen-bond donors (Lipinski definition) is 2. The van der Waals surface area contributed by atoms with Gasteiger partial charge in [0.2, 0.25) is 0 Å². The molecule has 0 aromatic rings. The van der Waals surface area contributed by atoms with Gasteiger partial charge in [-0.05, 0) is 6.08 Å². The van der Waals surface area contributed by atoms with Crippen molar-refractivity contribution in [2.75, 3.05) is 32.9 Å². The highest BCUT2D eigenvalue weighted by Crippen LogP contribution is 2.09. The number of likely N-dealkylation sites (N-methyl/N-ethyl adjacent to an activating group) is 1. The zero-order valence-electron chi connectivity index (χ0n) is 9.77. The van der Waals surface area contributed by atoms with Gasteiger partial charge in [0.25, 0.3) is 20.2 Å². The molecular weight excluding hydrogens is 270 g/mol. The molecule has 9 heteroatoms. The predicted molar refractivity (Wildman–Crippen MR) is 63.8 cm³/mol. The third-order valence-corrected chi connectivity index (χ3v) is 4.33. The fourth-order valence-corrected chi connectivity index (χ4v) is 3.81. The fraction of sp³-hybridized carbons (Fsp3) is 0.750. The molecule has 0 saturated carbocycles. The molecule has 0 aromatic heterocycles. The van der Waals surface area contributed by atoms with E-state index in [1.54, 1.807) is 20.2 Å². The van der Waals surface area contributed by atoms with E-state index >= 15 is 0 Å². The van der Waals surface area contributed by atoms with Crippen LogP contribution in [-0.4, -0.2) is 68.6 Å². The van der Waals surface area contributed by atoms with Crippen LogP contribution in [0.15, 0.2) is 12.7 Å². The van der Waals surface area contributed by atoms with Gasteiger partial charge in [-0.25, -0.2) is 0 Å². The van der Waals surface area contributed by atoms with Gasteiger partial charge in [0.1, 0.15) is 5.75 Å². The van der Waals surface area contributed by atoms with Crippen LogP contribution in [0.2, 0.25) is 0 Å². The second-order valence-electron chi connectivity index (χ2n) is 4.48. The minimum atomic E-state index is -4.54. The molecule has 0 fully saturated rings. The first-order valence-corrected chi connectivity index (χ1v) is 7.83. The third kappa shape index (κ3) is 7.45. The van der Waals surface area contributed by atoms with E-state index in [4.69, 9.17) is 9.11 Å². The monoisotopic (exact) mass is 288 g/mol. The maximum absolute atomic E-state index is 11.0. The van der Waals surface area contributed by atoms with Crippen molar-refractivity contribution in [3.63, 3.8) is 0 Å². The van der Waals surface area contributed by atoms with Crippen molar-refractivity contribution in [3.8, 4) is 0 Å². The van der Waals surface area contributed by atoms with Gasteiger partial charge in [-0.1, -0.05) is 6.58 Å². The van der Waals surface area contributed by atoms with Crippen molar-refractivity contribution < 1.29 is 30.4 Å². The highest BCUT2D eigenvalue weighted by molar-refractivity contribution is 7.90. The molecule has 0 aliphatic heterocycles. The molecule has 1 unspecified atom stereocenters. The molecule has 0 saturated heterocycles. The molecule has 2 N–H and O–H groups in total. The summed E-state index contributed by atoms with van der Waals surface area (Å²) in [5, 5.41) is -1.56. The predicted octanol–water partition coefficient (Wildman–Crippen LogP) is -0.607. The Morgan fingerprint density at radius 1 is 1.24 bits per heavy atom. The van der Waals surface area contributed by atoms with Gasteiger partial charge in [0, 0.05) is 0 Å². The first-order valence-electron chi connectivity index (χ1n) is 4.72. The minimum Gasteiger partial charge on any atom is -0.324 e. The molecule has 0 aliphatic carbocycles. The van der Waals surface area contributed by atoms with Crippen LogP contribution in [0.5, 0.6) is 0 Å². The Morgan fingerprint density at radius 2 is 1.71 bits per heavy atom. The summed E-state index contributed by atoms with van der Waals surface area (Å²) in [6, 6.07) is 0. The Morgan fingerprint density at radius 3 is 2.00 bits per heavy atom. The molecular formula is C8H18NO6S2+. The number of hydrogen-bond acceptors (Lipinski definition) is 4. The molecule has 0 spiro atoms. The molecule has 1 atom stereocenters. The van der Waals surface area contributed by atoms with Crippen LogP contribution in [0.25, 0.3) is 0 Å². The van der Waals surface area contributed by atoms with Crippen molar-refractivity contribution in [2.45, 2.75) is 5.25 Å². The average molecular weight is 288 g/mol. The van der Waals surface area contributed by atoms with Gasteiger partial charge >= 0.3 is 0 Å². The summed E-state index contributed by atoms with van der Waals surface area (Å²) in [7, 11) is -5.69. The standard InChI is InChI=1S/C8H17NO6S2/c1-4-5-9(2,3)6-8(17(13,14)15)7-16(10,11)12/h4,8H,1,5-7H2,2-3H3,(H-,10,11,12,13,14,15)/p+1. The van der Waals surface area contributed by atoms with E-state index in [0.29, 0.717) is 6.54 Å². The fourth-order valence-electron chi connectivity index (χ4n) is 1.44. The number of rotatable bonds is 7. The molecule has 0 bridgehead atoms. The van der Waals surface area contributed by atoms with Gasteiger partial charge in [0.05, 0.1) is 27.2 Å². The second kappa shape index (κ2) is 5.44. The molecule has 0 aromatic carbocycles. The van der Waals surface area contributed by atoms with Gasteiger partial charge in [-0.2, -0.15) is 16.8 Å². The average Bonchev–Trinajstić information content (AvgIpc) is 1.97. The Bertz CT molecular complexity index is 464. The molecule has 0 radical (unpaired) electrons. The molecule has 0 amide bonds. The van der Waals surface area contributed by atoms with E-state index in [1.165, 1.54) is 0 Å². The van der Waals surface area contributed by atoms with E-state index in [9.17, 15) is 16.8 Å². The second-order valence-corrected chi connectivity index (χ2v) is 7.67. The summed E-state index contributed by atoms with van der Waals surface area (Å²) in [5.74, 6) is -1.02. The number of quaternary nitrogens is 1. The van der Waals surface area contributed by atoms with Crippen molar-refractivity contribution in [2.24, 2.45) is 0 Å². The Labute approximate surface area is 102 Å². The zero-order valence-corrected chi connectivity index (χ0v) is 11.4. The Balaban J connectivity index is 5.05. The minimum absolute atomic E-state index is 0.128. The Kier molecular flexibility index (Phi) is 5.29. The maximum atomic E-state index is 11.0. The van der Waals surface area contributed by atoms with Crippen LogP contribution in [0, 0.1) is 0 Å². The maximum Gasteiger partial charge on any atom is 0.274 e. The summed E-state index contributed by atoms with van der Waals surface area (Å²) in [5.41, 5.74) is 0. The molecule has 102 valence electrons. The van der Waals surface area contributed by atoms with E-state index in [1.807, 2.05) is 0 Å². The molecule has 7 nitrogen and oxygen atoms in total. The molecule has 0 heterocycles. The van der Waals surface area contributed by atoms with E-state index in [0.717, 1.165) is 0 Å². The molecule has 0 aliphatic rings. The molecule has 0 rings (SSSR count). The lowest BCUT2D eigenvalue weighted by Gasteiger charge is -2.30. The summed E-state index contributed by atoms with van der Waals surface area (Å²) < 4.78 is 61.1. The first kappa shape index (κ1) is 16.5. The lowest BCUT2D eigenvalue weighted by molar-refractivity contribution is -0.883. The quantitative estimate of drug-likeness (QED) is 0.367. The van der Waals surface area contributed by atoms with Crippen LogP contribution in [0.4, 0.5) is 0 Å². The van der Waals surface area contributed by atoms with Crippen LogP contribution in [-0.2, 0) is 20.2 Å². The van der Waals surface area contributed by atoms with Crippen LogP contribution in [0.3, 0.4) is 0 Å². The highest BCUT2D eigenvalue weighted by Gasteiger charge is 2.34. The zero-order chi connectivity index (χ0) is 13.9. The lowest BCUT2D eigenvalue weighted by atomic mass is 10.3. The van der Waals surface area contributed by atoms with E-state index in [2.05, 4.69) is 6.58 Å². The lowest BCUT2D eigenvalue weighted by Crippen LogP contribution is -2.49. The SMILES string of the molecule is C=CC[N+](C)(C)CC(CS(=O)(=O)O)S(=O)(=O)O. The van der Waals surface area contributed by atoms with Gasteiger partial charge < -0.3 is 4.48 Å². The number of nitrogens with zero attached hydrogens (tertiary/aromatic N) is 1.